The molecule has 0 saturated heterocycles. The van der Waals surface area contributed by atoms with Gasteiger partial charge in [0.25, 0.3) is 0 Å². The molecule has 8 aromatic rings. The SMILES string of the molecule is CC(C)Cc1cc(-c2[c-]cccc2)ncc1[Si](C)(C)C.Cc1cc(-c2[c-]ccc3c2sc2cccc(-c4ccccc4)c23)ncc1-c1ccccc1.[Ir]. The average Bonchev–Trinajstić information content (AvgIpc) is 3.55. The predicted molar refractivity (Wildman–Crippen MR) is 227 cm³/mol. The first-order valence-corrected chi connectivity index (χ1v) is 22.4. The first-order chi connectivity index (χ1) is 25.2. The number of aryl methyl sites for hydroxylation is 1. The van der Waals surface area contributed by atoms with Crippen molar-refractivity contribution in [3.8, 4) is 44.8 Å². The van der Waals surface area contributed by atoms with E-state index in [0.29, 0.717) is 5.92 Å². The number of fused-ring (bicyclic) bond motifs is 3. The maximum atomic E-state index is 4.86. The van der Waals surface area contributed by atoms with E-state index in [1.807, 2.05) is 47.9 Å². The third kappa shape index (κ3) is 8.50. The van der Waals surface area contributed by atoms with Crippen LogP contribution in [0.15, 0.2) is 140 Å². The van der Waals surface area contributed by atoms with E-state index < -0.39 is 8.07 Å². The maximum Gasteiger partial charge on any atom is 0.0798 e. The summed E-state index contributed by atoms with van der Waals surface area (Å²) in [7, 11) is -1.34. The number of rotatable bonds is 7. The molecule has 3 aromatic heterocycles. The zero-order valence-electron chi connectivity index (χ0n) is 31.2. The largest absolute Gasteiger partial charge is 0.305 e. The van der Waals surface area contributed by atoms with Crippen molar-refractivity contribution in [1.82, 2.24) is 9.97 Å². The Kier molecular flexibility index (Phi) is 12.0. The summed E-state index contributed by atoms with van der Waals surface area (Å²) >= 11 is 1.83. The molecule has 0 amide bonds. The Morgan fingerprint density at radius 2 is 1.36 bits per heavy atom. The summed E-state index contributed by atoms with van der Waals surface area (Å²) in [5.74, 6) is 0.667. The quantitative estimate of drug-likeness (QED) is 0.118. The van der Waals surface area contributed by atoms with Gasteiger partial charge in [-0.2, -0.15) is 11.3 Å². The number of aromatic nitrogens is 2. The Morgan fingerprint density at radius 1 is 0.679 bits per heavy atom. The van der Waals surface area contributed by atoms with E-state index in [1.54, 1.807) is 0 Å². The molecule has 5 heteroatoms. The molecular formula is C48H44IrN2SSi-2. The van der Waals surface area contributed by atoms with Crippen LogP contribution in [0.2, 0.25) is 19.6 Å². The molecule has 0 unspecified atom stereocenters. The average molecular weight is 901 g/mol. The number of hydrogen-bond donors (Lipinski definition) is 0. The molecule has 0 saturated carbocycles. The molecule has 0 aliphatic rings. The van der Waals surface area contributed by atoms with E-state index in [4.69, 9.17) is 4.98 Å². The Bertz CT molecular complexity index is 2450. The molecule has 0 fully saturated rings. The van der Waals surface area contributed by atoms with Gasteiger partial charge in [0.05, 0.1) is 8.07 Å². The summed E-state index contributed by atoms with van der Waals surface area (Å²) < 4.78 is 2.53. The van der Waals surface area contributed by atoms with Crippen molar-refractivity contribution in [2.75, 3.05) is 0 Å². The summed E-state index contributed by atoms with van der Waals surface area (Å²) in [6.07, 6.45) is 5.23. The predicted octanol–water partition coefficient (Wildman–Crippen LogP) is 12.8. The van der Waals surface area contributed by atoms with Crippen LogP contribution in [0.3, 0.4) is 0 Å². The third-order valence-corrected chi connectivity index (χ3v) is 12.7. The minimum absolute atomic E-state index is 0. The monoisotopic (exact) mass is 901 g/mol. The van der Waals surface area contributed by atoms with Crippen LogP contribution in [0.25, 0.3) is 64.9 Å². The molecule has 0 spiro atoms. The smallest absolute Gasteiger partial charge is 0.0798 e. The van der Waals surface area contributed by atoms with Gasteiger partial charge in [-0.15, -0.1) is 59.7 Å². The topological polar surface area (TPSA) is 25.8 Å². The van der Waals surface area contributed by atoms with Gasteiger partial charge in [0.2, 0.25) is 0 Å². The van der Waals surface area contributed by atoms with Gasteiger partial charge in [-0.05, 0) is 74.2 Å². The van der Waals surface area contributed by atoms with Gasteiger partial charge >= 0.3 is 0 Å². The minimum Gasteiger partial charge on any atom is -0.305 e. The van der Waals surface area contributed by atoms with Gasteiger partial charge in [-0.1, -0.05) is 129 Å². The zero-order valence-corrected chi connectivity index (χ0v) is 35.4. The second kappa shape index (κ2) is 16.7. The Morgan fingerprint density at radius 3 is 2.00 bits per heavy atom. The van der Waals surface area contributed by atoms with Crippen LogP contribution in [0.4, 0.5) is 0 Å². The fourth-order valence-corrected chi connectivity index (χ4v) is 9.76. The summed E-state index contributed by atoms with van der Waals surface area (Å²) in [5, 5.41) is 4.07. The van der Waals surface area contributed by atoms with Gasteiger partial charge in [0.15, 0.2) is 0 Å². The first kappa shape index (κ1) is 38.2. The zero-order chi connectivity index (χ0) is 36.2. The van der Waals surface area contributed by atoms with Crippen molar-refractivity contribution < 1.29 is 20.1 Å². The van der Waals surface area contributed by atoms with E-state index in [9.17, 15) is 0 Å². The third-order valence-electron chi connectivity index (χ3n) is 9.40. The molecule has 53 heavy (non-hydrogen) atoms. The van der Waals surface area contributed by atoms with Gasteiger partial charge in [-0.3, -0.25) is 0 Å². The summed E-state index contributed by atoms with van der Waals surface area (Å²) in [4.78, 5) is 9.55. The molecule has 2 nitrogen and oxygen atoms in total. The van der Waals surface area contributed by atoms with Crippen molar-refractivity contribution in [1.29, 1.82) is 0 Å². The van der Waals surface area contributed by atoms with Crippen molar-refractivity contribution in [3.63, 3.8) is 0 Å². The molecule has 5 aromatic carbocycles. The van der Waals surface area contributed by atoms with Gasteiger partial charge in [0.1, 0.15) is 0 Å². The standard InChI is InChI=1S/C30H20NS.C18H24NSi.Ir/c1-20-18-27(31-19-26(20)22-12-6-3-7-13-22)24-15-8-16-25-29-23(21-10-4-2-5-11-21)14-9-17-28(29)32-30(24)25;1-14(2)11-16-12-17(15-9-7-6-8-10-15)19-13-18(16)20(3,4)5;/h2-14,16-19H,1H3;6-9,12-14H,11H2,1-5H3;/q2*-1;. The Labute approximate surface area is 333 Å². The number of nitrogens with zero attached hydrogens (tertiary/aromatic N) is 2. The summed E-state index contributed by atoms with van der Waals surface area (Å²) in [6.45, 7) is 13.9. The van der Waals surface area contributed by atoms with Crippen molar-refractivity contribution in [2.24, 2.45) is 5.92 Å². The van der Waals surface area contributed by atoms with Gasteiger partial charge in [-0.25, -0.2) is 0 Å². The fraction of sp³-hybridized carbons (Fsp3) is 0.167. The maximum absolute atomic E-state index is 4.86. The molecule has 0 atom stereocenters. The number of hydrogen-bond acceptors (Lipinski definition) is 3. The van der Waals surface area contributed by atoms with Crippen LogP contribution in [0, 0.1) is 25.0 Å². The van der Waals surface area contributed by atoms with Gasteiger partial charge < -0.3 is 9.97 Å². The van der Waals surface area contributed by atoms with Crippen LogP contribution in [0.5, 0.6) is 0 Å². The second-order valence-corrected chi connectivity index (χ2v) is 20.9. The van der Waals surface area contributed by atoms with Crippen LogP contribution in [-0.4, -0.2) is 18.0 Å². The van der Waals surface area contributed by atoms with Crippen molar-refractivity contribution >= 4 is 44.8 Å². The first-order valence-electron chi connectivity index (χ1n) is 18.1. The number of thiophene rings is 1. The summed E-state index contributed by atoms with van der Waals surface area (Å²) in [6, 6.07) is 51.2. The normalized spacial score (nSPS) is 11.3. The van der Waals surface area contributed by atoms with Crippen molar-refractivity contribution in [3.05, 3.63) is 163 Å². The molecule has 1 radical (unpaired) electrons. The molecule has 0 N–H and O–H groups in total. The number of benzene rings is 5. The number of pyridine rings is 2. The van der Waals surface area contributed by atoms with E-state index in [-0.39, 0.29) is 20.1 Å². The van der Waals surface area contributed by atoms with Crippen molar-refractivity contribution in [2.45, 2.75) is 46.8 Å². The molecule has 8 rings (SSSR count). The second-order valence-electron chi connectivity index (χ2n) is 14.8. The van der Waals surface area contributed by atoms with Crippen LogP contribution < -0.4 is 5.19 Å². The van der Waals surface area contributed by atoms with E-state index in [0.717, 1.165) is 28.9 Å². The van der Waals surface area contributed by atoms with E-state index >= 15 is 0 Å². The molecule has 0 bridgehead atoms. The van der Waals surface area contributed by atoms with Crippen LogP contribution in [0.1, 0.15) is 25.0 Å². The molecular weight excluding hydrogens is 857 g/mol. The van der Waals surface area contributed by atoms with E-state index in [2.05, 4.69) is 161 Å². The van der Waals surface area contributed by atoms with Crippen LogP contribution >= 0.6 is 11.3 Å². The Balaban J connectivity index is 0.000000199. The minimum atomic E-state index is -1.34. The Hall–Kier alpha value is -4.51. The van der Waals surface area contributed by atoms with Crippen LogP contribution in [-0.2, 0) is 26.5 Å². The van der Waals surface area contributed by atoms with E-state index in [1.165, 1.54) is 58.7 Å². The molecule has 0 aliphatic heterocycles. The summed E-state index contributed by atoms with van der Waals surface area (Å²) in [5.41, 5.74) is 11.8. The molecule has 3 heterocycles. The van der Waals surface area contributed by atoms with Gasteiger partial charge in [0, 0.05) is 42.8 Å². The fourth-order valence-electron chi connectivity index (χ4n) is 6.93. The molecule has 267 valence electrons. The molecule has 0 aliphatic carbocycles.